The molecule has 5 nitrogen and oxygen atoms in total. The van der Waals surface area contributed by atoms with Crippen molar-refractivity contribution >= 4 is 5.97 Å². The zero-order chi connectivity index (χ0) is 14.4. The van der Waals surface area contributed by atoms with Crippen molar-refractivity contribution in [3.63, 3.8) is 0 Å². The van der Waals surface area contributed by atoms with E-state index >= 15 is 0 Å². The van der Waals surface area contributed by atoms with Crippen LogP contribution < -0.4 is 14.8 Å². The fraction of sp³-hybridized carbons (Fsp3) is 0.400. The van der Waals surface area contributed by atoms with Gasteiger partial charge in [-0.2, -0.15) is 0 Å². The third-order valence-corrected chi connectivity index (χ3v) is 3.09. The number of rotatable bonds is 6. The number of fused-ring (bicyclic) bond motifs is 1. The molecular weight excluding hydrogens is 258 g/mol. The Labute approximate surface area is 118 Å². The number of hydrogen-bond acceptors (Lipinski definition) is 5. The quantitative estimate of drug-likeness (QED) is 0.490. The number of carbonyl (C=O) groups excluding carboxylic acids is 1. The summed E-state index contributed by atoms with van der Waals surface area (Å²) < 4.78 is 15.3. The van der Waals surface area contributed by atoms with Crippen molar-refractivity contribution in [3.8, 4) is 11.5 Å². The van der Waals surface area contributed by atoms with E-state index in [0.717, 1.165) is 17.1 Å². The van der Waals surface area contributed by atoms with Crippen LogP contribution in [0.4, 0.5) is 0 Å². The minimum Gasteiger partial charge on any atom is -0.466 e. The second kappa shape index (κ2) is 6.96. The summed E-state index contributed by atoms with van der Waals surface area (Å²) in [5.41, 5.74) is 1.80. The normalized spacial score (nSPS) is 13.4. The Morgan fingerprint density at radius 1 is 1.40 bits per heavy atom. The van der Waals surface area contributed by atoms with Crippen LogP contribution in [-0.4, -0.2) is 26.4 Å². The highest BCUT2D eigenvalue weighted by Gasteiger charge is 2.12. The lowest BCUT2D eigenvalue weighted by molar-refractivity contribution is -0.136. The van der Waals surface area contributed by atoms with Gasteiger partial charge in [-0.05, 0) is 24.1 Å². The van der Waals surface area contributed by atoms with Gasteiger partial charge in [-0.15, -0.1) is 0 Å². The maximum atomic E-state index is 11.4. The van der Waals surface area contributed by atoms with Crippen molar-refractivity contribution in [2.24, 2.45) is 0 Å². The summed E-state index contributed by atoms with van der Waals surface area (Å²) in [4.78, 5) is 11.4. The molecule has 0 amide bonds. The van der Waals surface area contributed by atoms with E-state index in [1.807, 2.05) is 31.2 Å². The minimum atomic E-state index is -0.266. The summed E-state index contributed by atoms with van der Waals surface area (Å²) in [5.74, 6) is 1.30. The molecule has 0 aromatic heterocycles. The number of esters is 1. The van der Waals surface area contributed by atoms with Crippen molar-refractivity contribution in [3.05, 3.63) is 35.4 Å². The topological polar surface area (TPSA) is 56.8 Å². The molecule has 1 heterocycles. The van der Waals surface area contributed by atoms with Crippen molar-refractivity contribution in [1.82, 2.24) is 5.32 Å². The molecular formula is C15H19NO4. The summed E-state index contributed by atoms with van der Waals surface area (Å²) in [6.07, 6.45) is 2.52. The van der Waals surface area contributed by atoms with Crippen LogP contribution in [0.1, 0.15) is 18.9 Å². The van der Waals surface area contributed by atoms with Gasteiger partial charge in [0.1, 0.15) is 0 Å². The van der Waals surface area contributed by atoms with Gasteiger partial charge >= 0.3 is 5.97 Å². The summed E-state index contributed by atoms with van der Waals surface area (Å²) in [5, 5.41) is 3.26. The zero-order valence-electron chi connectivity index (χ0n) is 11.8. The van der Waals surface area contributed by atoms with Gasteiger partial charge in [0.2, 0.25) is 6.79 Å². The van der Waals surface area contributed by atoms with Gasteiger partial charge in [-0.1, -0.05) is 19.1 Å². The van der Waals surface area contributed by atoms with Gasteiger partial charge in [-0.3, -0.25) is 0 Å². The smallest absolute Gasteiger partial charge is 0.333 e. The van der Waals surface area contributed by atoms with Crippen LogP contribution in [0.15, 0.2) is 29.8 Å². The molecule has 1 aromatic carbocycles. The van der Waals surface area contributed by atoms with Gasteiger partial charge in [0.15, 0.2) is 11.5 Å². The molecule has 1 aromatic rings. The Morgan fingerprint density at radius 3 is 2.95 bits per heavy atom. The fourth-order valence-corrected chi connectivity index (χ4v) is 1.97. The summed E-state index contributed by atoms with van der Waals surface area (Å²) >= 11 is 0. The number of hydrogen-bond donors (Lipinski definition) is 1. The van der Waals surface area contributed by atoms with Gasteiger partial charge < -0.3 is 19.5 Å². The molecule has 2 rings (SSSR count). The summed E-state index contributed by atoms with van der Waals surface area (Å²) in [6.45, 7) is 3.53. The van der Waals surface area contributed by atoms with E-state index in [9.17, 15) is 4.79 Å². The highest BCUT2D eigenvalue weighted by Crippen LogP contribution is 2.32. The van der Waals surface area contributed by atoms with E-state index in [0.29, 0.717) is 25.1 Å². The molecule has 0 unspecified atom stereocenters. The highest BCUT2D eigenvalue weighted by atomic mass is 16.7. The van der Waals surface area contributed by atoms with Crippen molar-refractivity contribution in [2.45, 2.75) is 19.9 Å². The van der Waals surface area contributed by atoms with E-state index < -0.39 is 0 Å². The van der Waals surface area contributed by atoms with Crippen LogP contribution in [0.5, 0.6) is 11.5 Å². The van der Waals surface area contributed by atoms with Crippen molar-refractivity contribution < 1.29 is 19.0 Å². The monoisotopic (exact) mass is 277 g/mol. The molecule has 20 heavy (non-hydrogen) atoms. The lowest BCUT2D eigenvalue weighted by atomic mass is 10.2. The molecule has 0 aliphatic carbocycles. The van der Waals surface area contributed by atoms with Crippen LogP contribution in [-0.2, 0) is 16.1 Å². The Balaban J connectivity index is 1.84. The van der Waals surface area contributed by atoms with Crippen LogP contribution in [0.25, 0.3) is 0 Å². The molecule has 0 spiro atoms. The van der Waals surface area contributed by atoms with Gasteiger partial charge in [0.05, 0.1) is 7.11 Å². The first-order valence-electron chi connectivity index (χ1n) is 6.61. The maximum Gasteiger partial charge on any atom is 0.333 e. The predicted octanol–water partition coefficient (Wildman–Crippen LogP) is 2.01. The Bertz CT molecular complexity index is 511. The molecule has 0 saturated heterocycles. The second-order valence-electron chi connectivity index (χ2n) is 4.39. The van der Waals surface area contributed by atoms with E-state index in [2.05, 4.69) is 5.32 Å². The SMILES string of the molecule is CC/C(=C/CNCc1ccc2c(c1)OCO2)C(=O)OC. The molecule has 5 heteroatoms. The fourth-order valence-electron chi connectivity index (χ4n) is 1.97. The van der Waals surface area contributed by atoms with Crippen LogP contribution in [0.3, 0.4) is 0 Å². The lowest BCUT2D eigenvalue weighted by Gasteiger charge is -2.05. The van der Waals surface area contributed by atoms with E-state index in [4.69, 9.17) is 14.2 Å². The molecule has 1 aliphatic rings. The molecule has 108 valence electrons. The Hall–Kier alpha value is -2.01. The van der Waals surface area contributed by atoms with Crippen molar-refractivity contribution in [1.29, 1.82) is 0 Å². The third-order valence-electron chi connectivity index (χ3n) is 3.09. The molecule has 0 radical (unpaired) electrons. The average molecular weight is 277 g/mol. The summed E-state index contributed by atoms with van der Waals surface area (Å²) in [7, 11) is 1.39. The lowest BCUT2D eigenvalue weighted by Crippen LogP contribution is -2.15. The number of carbonyl (C=O) groups is 1. The molecule has 0 saturated carbocycles. The van der Waals surface area contributed by atoms with Crippen molar-refractivity contribution in [2.75, 3.05) is 20.4 Å². The molecule has 0 bridgehead atoms. The second-order valence-corrected chi connectivity index (χ2v) is 4.39. The third kappa shape index (κ3) is 3.51. The van der Waals surface area contributed by atoms with Crippen LogP contribution >= 0.6 is 0 Å². The van der Waals surface area contributed by atoms with E-state index in [-0.39, 0.29) is 12.8 Å². The van der Waals surface area contributed by atoms with Crippen LogP contribution in [0, 0.1) is 0 Å². The molecule has 1 aliphatic heterocycles. The first kappa shape index (κ1) is 14.4. The summed E-state index contributed by atoms with van der Waals surface area (Å²) in [6, 6.07) is 5.85. The first-order valence-corrected chi connectivity index (χ1v) is 6.61. The average Bonchev–Trinajstić information content (AvgIpc) is 2.94. The van der Waals surface area contributed by atoms with E-state index in [1.165, 1.54) is 7.11 Å². The number of ether oxygens (including phenoxy) is 3. The molecule has 1 N–H and O–H groups in total. The number of benzene rings is 1. The Kier molecular flexibility index (Phi) is 5.01. The highest BCUT2D eigenvalue weighted by molar-refractivity contribution is 5.88. The number of nitrogens with one attached hydrogen (secondary N) is 1. The van der Waals surface area contributed by atoms with Gasteiger partial charge in [0, 0.05) is 18.7 Å². The first-order chi connectivity index (χ1) is 9.74. The Morgan fingerprint density at radius 2 is 2.20 bits per heavy atom. The minimum absolute atomic E-state index is 0.266. The molecule has 0 atom stereocenters. The van der Waals surface area contributed by atoms with Crippen LogP contribution in [0.2, 0.25) is 0 Å². The maximum absolute atomic E-state index is 11.4. The van der Waals surface area contributed by atoms with Gasteiger partial charge in [-0.25, -0.2) is 4.79 Å². The van der Waals surface area contributed by atoms with E-state index in [1.54, 1.807) is 0 Å². The standard InChI is InChI=1S/C15H19NO4/c1-3-12(15(17)18-2)6-7-16-9-11-4-5-13-14(8-11)20-10-19-13/h4-6,8,16H,3,7,9-10H2,1-2H3/b12-6-. The largest absolute Gasteiger partial charge is 0.466 e. The number of methoxy groups -OCH3 is 1. The predicted molar refractivity (Wildman–Crippen MR) is 74.7 cm³/mol. The molecule has 0 fully saturated rings. The van der Waals surface area contributed by atoms with Gasteiger partial charge in [0.25, 0.3) is 0 Å². The zero-order valence-corrected chi connectivity index (χ0v) is 11.8.